The summed E-state index contributed by atoms with van der Waals surface area (Å²) >= 11 is 0. The molecule has 1 aliphatic heterocycles. The van der Waals surface area contributed by atoms with Crippen LogP contribution in [0.15, 0.2) is 114 Å². The second-order valence-corrected chi connectivity index (χ2v) is 8.34. The van der Waals surface area contributed by atoms with Crippen LogP contribution in [0.1, 0.15) is 56.2 Å². The average molecular weight is 415 g/mol. The Balaban J connectivity index is 1.56. The Morgan fingerprint density at radius 1 is 0.625 bits per heavy atom. The van der Waals surface area contributed by atoms with Crippen molar-refractivity contribution in [2.75, 3.05) is 0 Å². The van der Waals surface area contributed by atoms with Gasteiger partial charge in [0.05, 0.1) is 17.7 Å². The van der Waals surface area contributed by atoms with Crippen molar-refractivity contribution in [3.8, 4) is 0 Å². The van der Waals surface area contributed by atoms with Gasteiger partial charge in [-0.3, -0.25) is 9.79 Å². The minimum absolute atomic E-state index is 0.0684. The summed E-state index contributed by atoms with van der Waals surface area (Å²) in [7, 11) is 0. The fourth-order valence-electron chi connectivity index (χ4n) is 5.11. The Labute approximate surface area is 187 Å². The van der Waals surface area contributed by atoms with E-state index in [1.165, 1.54) is 11.1 Å². The van der Waals surface area contributed by atoms with Crippen LogP contribution in [0.5, 0.6) is 0 Å². The second-order valence-electron chi connectivity index (χ2n) is 8.34. The Morgan fingerprint density at radius 2 is 1.16 bits per heavy atom. The minimum atomic E-state index is -0.216. The van der Waals surface area contributed by atoms with Crippen LogP contribution in [-0.2, 0) is 0 Å². The highest BCUT2D eigenvalue weighted by atomic mass is 16.1. The van der Waals surface area contributed by atoms with Gasteiger partial charge in [0.1, 0.15) is 6.04 Å². The third-order valence-corrected chi connectivity index (χ3v) is 6.54. The van der Waals surface area contributed by atoms with Crippen molar-refractivity contribution < 1.29 is 4.79 Å². The molecule has 2 bridgehead atoms. The quantitative estimate of drug-likeness (QED) is 0.449. The molecule has 0 radical (unpaired) electrons. The fourth-order valence-corrected chi connectivity index (χ4v) is 5.11. The zero-order chi connectivity index (χ0) is 21.5. The maximum atomic E-state index is 13.3. The topological polar surface area (TPSA) is 41.5 Å². The maximum Gasteiger partial charge on any atom is 0.251 e. The zero-order valence-electron chi connectivity index (χ0n) is 17.5. The van der Waals surface area contributed by atoms with Crippen molar-refractivity contribution >= 4 is 11.6 Å². The highest BCUT2D eigenvalue weighted by molar-refractivity contribution is 6.08. The molecule has 3 nitrogen and oxygen atoms in total. The van der Waals surface area contributed by atoms with E-state index in [1.807, 2.05) is 48.5 Å². The number of nitrogens with zero attached hydrogens (tertiary/aromatic N) is 1. The first-order chi connectivity index (χ1) is 15.8. The highest BCUT2D eigenvalue weighted by Crippen LogP contribution is 2.50. The van der Waals surface area contributed by atoms with Crippen molar-refractivity contribution in [3.05, 3.63) is 143 Å². The molecule has 4 aromatic rings. The van der Waals surface area contributed by atoms with Gasteiger partial charge in [-0.1, -0.05) is 97.1 Å². The molecule has 3 atom stereocenters. The van der Waals surface area contributed by atoms with Crippen LogP contribution in [0.3, 0.4) is 0 Å². The van der Waals surface area contributed by atoms with E-state index in [4.69, 9.17) is 4.99 Å². The van der Waals surface area contributed by atoms with Gasteiger partial charge in [-0.25, -0.2) is 0 Å². The minimum Gasteiger partial charge on any atom is -0.344 e. The summed E-state index contributed by atoms with van der Waals surface area (Å²) in [6.45, 7) is 0. The number of rotatable bonds is 3. The fraction of sp³-hybridized carbons (Fsp3) is 0.103. The molecular formula is C29H22N2O. The third kappa shape index (κ3) is 2.97. The number of nitrogens with one attached hydrogen (secondary N) is 1. The zero-order valence-corrected chi connectivity index (χ0v) is 17.5. The highest BCUT2D eigenvalue weighted by Gasteiger charge is 2.42. The van der Waals surface area contributed by atoms with Crippen LogP contribution in [-0.4, -0.2) is 11.6 Å². The first kappa shape index (κ1) is 18.8. The normalized spacial score (nSPS) is 20.5. The van der Waals surface area contributed by atoms with Crippen molar-refractivity contribution in [1.29, 1.82) is 0 Å². The largest absolute Gasteiger partial charge is 0.344 e. The number of carbonyl (C=O) groups is 1. The van der Waals surface area contributed by atoms with Crippen LogP contribution >= 0.6 is 0 Å². The van der Waals surface area contributed by atoms with E-state index in [-0.39, 0.29) is 23.9 Å². The molecule has 1 amide bonds. The van der Waals surface area contributed by atoms with E-state index in [9.17, 15) is 4.79 Å². The summed E-state index contributed by atoms with van der Waals surface area (Å²) in [6.07, 6.45) is 0. The van der Waals surface area contributed by atoms with E-state index in [0.29, 0.717) is 5.56 Å². The first-order valence-electron chi connectivity index (χ1n) is 11.0. The predicted octanol–water partition coefficient (Wildman–Crippen LogP) is 5.85. The second kappa shape index (κ2) is 7.61. The van der Waals surface area contributed by atoms with Gasteiger partial charge >= 0.3 is 0 Å². The number of benzene rings is 4. The lowest BCUT2D eigenvalue weighted by molar-refractivity contribution is 0.0935. The number of fused-ring (bicyclic) bond motifs is 2. The molecule has 0 spiro atoms. The smallest absolute Gasteiger partial charge is 0.251 e. The molecule has 1 heterocycles. The molecular weight excluding hydrogens is 392 g/mol. The van der Waals surface area contributed by atoms with Gasteiger partial charge in [-0.2, -0.15) is 0 Å². The van der Waals surface area contributed by atoms with Gasteiger partial charge in [0.2, 0.25) is 0 Å². The molecule has 6 rings (SSSR count). The Hall–Kier alpha value is -3.98. The molecule has 1 N–H and O–H groups in total. The molecule has 0 unspecified atom stereocenters. The van der Waals surface area contributed by atoms with Crippen LogP contribution in [0.25, 0.3) is 0 Å². The van der Waals surface area contributed by atoms with Gasteiger partial charge in [-0.05, 0) is 39.9 Å². The number of hydrogen-bond donors (Lipinski definition) is 1. The standard InChI is InChI=1S/C29H22N2O/c32-29(20-13-5-2-6-14-20)31-28-24-18-10-9-17-23(24)27-22-16-8-7-15-21(22)25(28)26(30-27)19-11-3-1-4-12-19/h1-18,25,27-28H,(H,31,32)/t25-,27-,28-/m0/s1. The molecule has 154 valence electrons. The SMILES string of the molecule is O=C(N[C@H]1c2ccccc2[C@H]2N=C(c3ccccc3)[C@@H]1c1ccccc12)c1ccccc1. The Kier molecular flexibility index (Phi) is 4.46. The third-order valence-electron chi connectivity index (χ3n) is 6.54. The van der Waals surface area contributed by atoms with Gasteiger partial charge in [0.25, 0.3) is 5.91 Å². The van der Waals surface area contributed by atoms with Crippen LogP contribution in [0.2, 0.25) is 0 Å². The summed E-state index contributed by atoms with van der Waals surface area (Å²) < 4.78 is 0. The van der Waals surface area contributed by atoms with E-state index in [0.717, 1.165) is 22.4 Å². The molecule has 32 heavy (non-hydrogen) atoms. The van der Waals surface area contributed by atoms with Crippen molar-refractivity contribution in [2.45, 2.75) is 18.0 Å². The molecule has 2 aliphatic rings. The summed E-state index contributed by atoms with van der Waals surface area (Å²) in [5, 5.41) is 3.38. The van der Waals surface area contributed by atoms with Crippen LogP contribution in [0.4, 0.5) is 0 Å². The molecule has 0 saturated heterocycles. The number of hydrogen-bond acceptors (Lipinski definition) is 2. The van der Waals surface area contributed by atoms with Gasteiger partial charge in [0.15, 0.2) is 0 Å². The van der Waals surface area contributed by atoms with Crippen LogP contribution in [0, 0.1) is 0 Å². The summed E-state index contributed by atoms with van der Waals surface area (Å²) in [4.78, 5) is 18.6. The molecule has 0 aromatic heterocycles. The molecule has 4 aromatic carbocycles. The van der Waals surface area contributed by atoms with Gasteiger partial charge < -0.3 is 5.32 Å². The Bertz CT molecular complexity index is 1330. The average Bonchev–Trinajstić information content (AvgIpc) is 3.07. The molecule has 1 aliphatic carbocycles. The number of aliphatic imine (C=N–C) groups is 1. The van der Waals surface area contributed by atoms with Crippen LogP contribution < -0.4 is 5.32 Å². The lowest BCUT2D eigenvalue weighted by Crippen LogP contribution is -2.36. The van der Waals surface area contributed by atoms with E-state index >= 15 is 0 Å². The van der Waals surface area contributed by atoms with E-state index in [2.05, 4.69) is 66.0 Å². The maximum absolute atomic E-state index is 13.3. The van der Waals surface area contributed by atoms with E-state index < -0.39 is 0 Å². The Morgan fingerprint density at radius 3 is 1.84 bits per heavy atom. The summed E-state index contributed by atoms with van der Waals surface area (Å²) in [5.41, 5.74) is 7.55. The van der Waals surface area contributed by atoms with E-state index in [1.54, 1.807) is 0 Å². The number of carbonyl (C=O) groups excluding carboxylic acids is 1. The van der Waals surface area contributed by atoms with Crippen molar-refractivity contribution in [3.63, 3.8) is 0 Å². The molecule has 0 saturated carbocycles. The lowest BCUT2D eigenvalue weighted by Gasteiger charge is -2.32. The lowest BCUT2D eigenvalue weighted by atomic mass is 9.79. The van der Waals surface area contributed by atoms with Gasteiger partial charge in [0, 0.05) is 5.56 Å². The van der Waals surface area contributed by atoms with Crippen molar-refractivity contribution in [2.24, 2.45) is 4.99 Å². The predicted molar refractivity (Wildman–Crippen MR) is 127 cm³/mol. The molecule has 0 fully saturated rings. The summed E-state index contributed by atoms with van der Waals surface area (Å²) in [5.74, 6) is -0.137. The first-order valence-corrected chi connectivity index (χ1v) is 11.0. The van der Waals surface area contributed by atoms with Gasteiger partial charge in [-0.15, -0.1) is 0 Å². The summed E-state index contributed by atoms with van der Waals surface area (Å²) in [6, 6.07) is 36.4. The number of amides is 1. The monoisotopic (exact) mass is 414 g/mol. The molecule has 3 heteroatoms. The van der Waals surface area contributed by atoms with Crippen molar-refractivity contribution in [1.82, 2.24) is 5.32 Å².